The van der Waals surface area contributed by atoms with Gasteiger partial charge in [-0.2, -0.15) is 0 Å². The number of halogens is 3. The van der Waals surface area contributed by atoms with Crippen molar-refractivity contribution in [3.63, 3.8) is 0 Å². The molecule has 92 valence electrons. The van der Waals surface area contributed by atoms with Crippen LogP contribution >= 0.6 is 34.8 Å². The minimum Gasteiger partial charge on any atom is -0.507 e. The third-order valence-electron chi connectivity index (χ3n) is 1.93. The van der Waals surface area contributed by atoms with E-state index in [4.69, 9.17) is 39.5 Å². The summed E-state index contributed by atoms with van der Waals surface area (Å²) >= 11 is 16.1. The first-order chi connectivity index (χ1) is 7.84. The lowest BCUT2D eigenvalue weighted by molar-refractivity contribution is -0.113. The van der Waals surface area contributed by atoms with Gasteiger partial charge in [-0.1, -0.05) is 34.8 Å². The second kappa shape index (κ2) is 5.63. The second-order valence-corrected chi connectivity index (χ2v) is 5.40. The lowest BCUT2D eigenvalue weighted by Gasteiger charge is -2.06. The number of rotatable bonds is 3. The number of aliphatic hydroxyl groups excluding tert-OH is 1. The van der Waals surface area contributed by atoms with Gasteiger partial charge in [-0.25, -0.2) is 0 Å². The highest BCUT2D eigenvalue weighted by molar-refractivity contribution is 6.77. The van der Waals surface area contributed by atoms with Gasteiger partial charge < -0.3 is 9.84 Å². The van der Waals surface area contributed by atoms with Crippen LogP contribution in [0.1, 0.15) is 5.56 Å². The van der Waals surface area contributed by atoms with Gasteiger partial charge in [0.05, 0.1) is 7.11 Å². The fourth-order valence-electron chi connectivity index (χ4n) is 1.05. The molecule has 0 saturated carbocycles. The molecule has 1 aromatic carbocycles. The molecule has 0 heterocycles. The third kappa shape index (κ3) is 4.11. The molecule has 0 fully saturated rings. The molecule has 0 spiro atoms. The van der Waals surface area contributed by atoms with Crippen LogP contribution in [-0.4, -0.2) is 21.8 Å². The monoisotopic (exact) mass is 294 g/mol. The molecule has 0 aliphatic rings. The van der Waals surface area contributed by atoms with Gasteiger partial charge in [0.25, 0.3) is 3.79 Å². The SMILES string of the molecule is COc1ccc(/C(O)=C/C(=O)C(Cl)(Cl)Cl)cc1. The summed E-state index contributed by atoms with van der Waals surface area (Å²) in [6.07, 6.45) is 0.870. The number of benzene rings is 1. The molecule has 0 radical (unpaired) electrons. The molecule has 3 nitrogen and oxygen atoms in total. The summed E-state index contributed by atoms with van der Waals surface area (Å²) in [6, 6.07) is 6.44. The summed E-state index contributed by atoms with van der Waals surface area (Å²) in [5.74, 6) is -0.450. The van der Waals surface area contributed by atoms with Crippen molar-refractivity contribution in [2.24, 2.45) is 0 Å². The van der Waals surface area contributed by atoms with Crippen molar-refractivity contribution in [1.82, 2.24) is 0 Å². The van der Waals surface area contributed by atoms with E-state index in [2.05, 4.69) is 0 Å². The van der Waals surface area contributed by atoms with E-state index in [0.29, 0.717) is 11.3 Å². The van der Waals surface area contributed by atoms with E-state index in [-0.39, 0.29) is 5.76 Å². The summed E-state index contributed by atoms with van der Waals surface area (Å²) < 4.78 is 2.88. The minimum absolute atomic E-state index is 0.274. The average molecular weight is 296 g/mol. The highest BCUT2D eigenvalue weighted by Gasteiger charge is 2.29. The zero-order chi connectivity index (χ0) is 13.1. The minimum atomic E-state index is -2.07. The van der Waals surface area contributed by atoms with E-state index in [0.717, 1.165) is 6.08 Å². The Morgan fingerprint density at radius 1 is 1.29 bits per heavy atom. The van der Waals surface area contributed by atoms with Crippen molar-refractivity contribution in [2.45, 2.75) is 3.79 Å². The molecule has 1 aromatic rings. The number of methoxy groups -OCH3 is 1. The van der Waals surface area contributed by atoms with Gasteiger partial charge in [-0.3, -0.25) is 4.79 Å². The third-order valence-corrected chi connectivity index (χ3v) is 2.49. The van der Waals surface area contributed by atoms with Crippen LogP contribution in [-0.2, 0) is 4.79 Å². The van der Waals surface area contributed by atoms with Crippen LogP contribution in [0.5, 0.6) is 5.75 Å². The zero-order valence-corrected chi connectivity index (χ0v) is 11.1. The van der Waals surface area contributed by atoms with Crippen LogP contribution < -0.4 is 4.74 Å². The fourth-order valence-corrected chi connectivity index (χ4v) is 1.21. The quantitative estimate of drug-likeness (QED) is 0.527. The lowest BCUT2D eigenvalue weighted by atomic mass is 10.1. The lowest BCUT2D eigenvalue weighted by Crippen LogP contribution is -2.16. The van der Waals surface area contributed by atoms with E-state index < -0.39 is 9.58 Å². The molecular formula is C11H9Cl3O3. The Kier molecular flexibility index (Phi) is 4.69. The van der Waals surface area contributed by atoms with Crippen LogP contribution in [0.25, 0.3) is 5.76 Å². The maximum Gasteiger partial charge on any atom is 0.252 e. The van der Waals surface area contributed by atoms with Gasteiger partial charge in [0.1, 0.15) is 11.5 Å². The van der Waals surface area contributed by atoms with Crippen LogP contribution in [0.3, 0.4) is 0 Å². The summed E-state index contributed by atoms with van der Waals surface area (Å²) in [7, 11) is 1.52. The smallest absolute Gasteiger partial charge is 0.252 e. The van der Waals surface area contributed by atoms with Crippen molar-refractivity contribution < 1.29 is 14.6 Å². The van der Waals surface area contributed by atoms with Crippen LogP contribution in [0.15, 0.2) is 30.3 Å². The number of ketones is 1. The molecule has 1 rings (SSSR count). The normalized spacial score (nSPS) is 12.4. The Labute approximate surface area is 114 Å². The highest BCUT2D eigenvalue weighted by Crippen LogP contribution is 2.28. The number of allylic oxidation sites excluding steroid dienone is 1. The number of hydrogen-bond donors (Lipinski definition) is 1. The molecule has 0 aliphatic carbocycles. The molecule has 17 heavy (non-hydrogen) atoms. The number of hydrogen-bond acceptors (Lipinski definition) is 3. The zero-order valence-electron chi connectivity index (χ0n) is 8.78. The Morgan fingerprint density at radius 2 is 1.82 bits per heavy atom. The number of carbonyl (C=O) groups excluding carboxylic acids is 1. The molecule has 0 bridgehead atoms. The van der Waals surface area contributed by atoms with Crippen molar-refractivity contribution in [3.8, 4) is 5.75 Å². The van der Waals surface area contributed by atoms with Crippen molar-refractivity contribution in [1.29, 1.82) is 0 Å². The summed E-state index contributed by atoms with van der Waals surface area (Å²) in [5.41, 5.74) is 0.424. The van der Waals surface area contributed by atoms with Gasteiger partial charge in [0.15, 0.2) is 0 Å². The molecule has 0 amide bonds. The van der Waals surface area contributed by atoms with E-state index in [1.807, 2.05) is 0 Å². The van der Waals surface area contributed by atoms with Gasteiger partial charge >= 0.3 is 0 Å². The van der Waals surface area contributed by atoms with E-state index in [1.165, 1.54) is 7.11 Å². The second-order valence-electron chi connectivity index (χ2n) is 3.12. The van der Waals surface area contributed by atoms with E-state index in [9.17, 15) is 9.90 Å². The first-order valence-corrected chi connectivity index (χ1v) is 5.64. The molecule has 1 N–H and O–H groups in total. The maximum absolute atomic E-state index is 11.3. The highest BCUT2D eigenvalue weighted by atomic mass is 35.6. The molecule has 0 atom stereocenters. The van der Waals surface area contributed by atoms with Crippen LogP contribution in [0, 0.1) is 0 Å². The largest absolute Gasteiger partial charge is 0.507 e. The summed E-state index contributed by atoms with van der Waals surface area (Å²) in [4.78, 5) is 11.3. The van der Waals surface area contributed by atoms with E-state index >= 15 is 0 Å². The van der Waals surface area contributed by atoms with Crippen molar-refractivity contribution in [2.75, 3.05) is 7.11 Å². The Balaban J connectivity index is 2.92. The average Bonchev–Trinajstić information content (AvgIpc) is 2.27. The van der Waals surface area contributed by atoms with Gasteiger partial charge in [-0.05, 0) is 24.3 Å². The molecule has 6 heteroatoms. The van der Waals surface area contributed by atoms with Gasteiger partial charge in [-0.15, -0.1) is 0 Å². The van der Waals surface area contributed by atoms with Gasteiger partial charge in [0, 0.05) is 11.6 Å². The number of carbonyl (C=O) groups is 1. The molecule has 0 aliphatic heterocycles. The summed E-state index contributed by atoms with van der Waals surface area (Å²) in [5, 5.41) is 9.64. The Morgan fingerprint density at radius 3 is 2.24 bits per heavy atom. The molecule has 0 unspecified atom stereocenters. The van der Waals surface area contributed by atoms with Gasteiger partial charge in [0.2, 0.25) is 5.78 Å². The first-order valence-electron chi connectivity index (χ1n) is 4.51. The van der Waals surface area contributed by atoms with Crippen molar-refractivity contribution in [3.05, 3.63) is 35.9 Å². The standard InChI is InChI=1S/C11H9Cl3O3/c1-17-8-4-2-7(3-5-8)9(15)6-10(16)11(12,13)14/h2-6,15H,1H3/b9-6-. The Hall–Kier alpha value is -0.900. The molecular weight excluding hydrogens is 286 g/mol. The number of alkyl halides is 3. The predicted octanol–water partition coefficient (Wildman–Crippen LogP) is 3.53. The molecule has 0 saturated heterocycles. The molecule has 0 aromatic heterocycles. The summed E-state index contributed by atoms with van der Waals surface area (Å²) in [6.45, 7) is 0. The number of aliphatic hydroxyl groups is 1. The van der Waals surface area contributed by atoms with E-state index in [1.54, 1.807) is 24.3 Å². The first kappa shape index (κ1) is 14.2. The predicted molar refractivity (Wildman–Crippen MR) is 68.9 cm³/mol. The topological polar surface area (TPSA) is 46.5 Å². The van der Waals surface area contributed by atoms with Crippen LogP contribution in [0.2, 0.25) is 0 Å². The maximum atomic E-state index is 11.3. The fraction of sp³-hybridized carbons (Fsp3) is 0.182. The van der Waals surface area contributed by atoms with Crippen molar-refractivity contribution >= 4 is 46.3 Å². The Bertz CT molecular complexity index is 432. The van der Waals surface area contributed by atoms with Crippen LogP contribution in [0.4, 0.5) is 0 Å². The number of ether oxygens (including phenoxy) is 1.